The van der Waals surface area contributed by atoms with Crippen molar-refractivity contribution in [3.8, 4) is 11.3 Å². The molecular weight excluding hydrogens is 490 g/mol. The first-order chi connectivity index (χ1) is 17.5. The average molecular weight is 520 g/mol. The van der Waals surface area contributed by atoms with Crippen molar-refractivity contribution in [3.63, 3.8) is 0 Å². The summed E-state index contributed by atoms with van der Waals surface area (Å²) in [5.74, 6) is 0.0454. The zero-order chi connectivity index (χ0) is 26.7. The Hall–Kier alpha value is -4.12. The van der Waals surface area contributed by atoms with Gasteiger partial charge in [-0.05, 0) is 75.9 Å². The van der Waals surface area contributed by atoms with Gasteiger partial charge in [-0.1, -0.05) is 12.1 Å². The normalized spacial score (nSPS) is 11.4. The van der Waals surface area contributed by atoms with E-state index in [0.29, 0.717) is 16.7 Å². The van der Waals surface area contributed by atoms with Gasteiger partial charge in [-0.15, -0.1) is 0 Å². The summed E-state index contributed by atoms with van der Waals surface area (Å²) in [6.45, 7) is 7.13. The number of ether oxygens (including phenoxy) is 1. The van der Waals surface area contributed by atoms with Crippen LogP contribution in [0.15, 0.2) is 58.6 Å². The summed E-state index contributed by atoms with van der Waals surface area (Å²) >= 11 is 1.36. The molecule has 11 heteroatoms. The molecule has 0 aliphatic carbocycles. The van der Waals surface area contributed by atoms with Gasteiger partial charge in [-0.2, -0.15) is 5.10 Å². The van der Waals surface area contributed by atoms with Crippen molar-refractivity contribution >= 4 is 46.2 Å². The number of nitrogens with zero attached hydrogens (tertiary/aromatic N) is 4. The fourth-order valence-corrected chi connectivity index (χ4v) is 4.31. The van der Waals surface area contributed by atoms with Crippen molar-refractivity contribution in [2.75, 3.05) is 24.6 Å². The summed E-state index contributed by atoms with van der Waals surface area (Å²) in [4.78, 5) is 35.7. The molecule has 0 unspecified atom stereocenters. The van der Waals surface area contributed by atoms with Crippen LogP contribution in [0.3, 0.4) is 0 Å². The number of aromatic nitrogens is 4. The minimum Gasteiger partial charge on any atom is -0.444 e. The van der Waals surface area contributed by atoms with E-state index in [1.807, 2.05) is 43.3 Å². The zero-order valence-corrected chi connectivity index (χ0v) is 22.1. The lowest BCUT2D eigenvalue weighted by atomic mass is 10.1. The number of likely N-dealkylation sites (N-methyl/N-ethyl adjacent to an activating group) is 1. The molecule has 0 atom stereocenters. The number of fused-ring (bicyclic) bond motifs is 1. The van der Waals surface area contributed by atoms with Crippen LogP contribution in [0, 0.1) is 6.92 Å². The number of hydrogen-bond acceptors (Lipinski definition) is 8. The second-order valence-electron chi connectivity index (χ2n) is 9.54. The second-order valence-corrected chi connectivity index (χ2v) is 10.6. The number of hydrogen-bond donors (Lipinski definition) is 3. The lowest BCUT2D eigenvalue weighted by Gasteiger charge is -2.24. The molecule has 0 bridgehead atoms. The molecule has 0 spiro atoms. The number of benzene rings is 2. The van der Waals surface area contributed by atoms with Gasteiger partial charge in [-0.3, -0.25) is 9.89 Å². The first kappa shape index (κ1) is 26.0. The van der Waals surface area contributed by atoms with E-state index in [2.05, 4.69) is 25.5 Å². The molecule has 0 saturated carbocycles. The van der Waals surface area contributed by atoms with Gasteiger partial charge in [0, 0.05) is 28.9 Å². The second kappa shape index (κ2) is 10.5. The fourth-order valence-electron chi connectivity index (χ4n) is 3.54. The van der Waals surface area contributed by atoms with Crippen molar-refractivity contribution in [1.82, 2.24) is 25.1 Å². The summed E-state index contributed by atoms with van der Waals surface area (Å²) in [7, 11) is 1.52. The monoisotopic (exact) mass is 519 g/mol. The molecule has 4 N–H and O–H groups in total. The highest BCUT2D eigenvalue weighted by Gasteiger charge is 2.21. The summed E-state index contributed by atoms with van der Waals surface area (Å²) in [5.41, 5.74) is 9.65. The largest absolute Gasteiger partial charge is 0.444 e. The quantitative estimate of drug-likeness (QED) is 0.307. The number of aryl methyl sites for hydroxylation is 1. The number of carbonyl (C=O) groups excluding carboxylic acids is 2. The topological polar surface area (TPSA) is 139 Å². The van der Waals surface area contributed by atoms with Crippen molar-refractivity contribution < 1.29 is 14.3 Å². The van der Waals surface area contributed by atoms with E-state index in [0.717, 1.165) is 32.7 Å². The Labute approximate surface area is 219 Å². The molecule has 37 heavy (non-hydrogen) atoms. The van der Waals surface area contributed by atoms with Gasteiger partial charge in [0.2, 0.25) is 5.91 Å². The Morgan fingerprint density at radius 3 is 2.51 bits per heavy atom. The van der Waals surface area contributed by atoms with Crippen molar-refractivity contribution in [2.24, 2.45) is 0 Å². The number of carbonyl (C=O) groups is 2. The number of nitrogens with one attached hydrogen (secondary N) is 2. The Morgan fingerprint density at radius 1 is 1.14 bits per heavy atom. The van der Waals surface area contributed by atoms with Crippen molar-refractivity contribution in [2.45, 2.75) is 43.3 Å². The Kier molecular flexibility index (Phi) is 7.35. The molecule has 0 saturated heterocycles. The Bertz CT molecular complexity index is 1450. The maximum absolute atomic E-state index is 12.4. The zero-order valence-electron chi connectivity index (χ0n) is 21.3. The van der Waals surface area contributed by atoms with Crippen molar-refractivity contribution in [1.29, 1.82) is 0 Å². The molecule has 2 aromatic heterocycles. The highest BCUT2D eigenvalue weighted by molar-refractivity contribution is 7.99. The average Bonchev–Trinajstić information content (AvgIpc) is 3.25. The summed E-state index contributed by atoms with van der Waals surface area (Å²) in [6, 6.07) is 15.0. The maximum Gasteiger partial charge on any atom is 0.410 e. The predicted octanol–water partition coefficient (Wildman–Crippen LogP) is 4.87. The molecule has 0 aliphatic rings. The number of anilines is 2. The minimum absolute atomic E-state index is 0.130. The molecule has 10 nitrogen and oxygen atoms in total. The van der Waals surface area contributed by atoms with E-state index >= 15 is 0 Å². The number of H-pyrrole nitrogens is 1. The van der Waals surface area contributed by atoms with Crippen LogP contribution < -0.4 is 11.1 Å². The van der Waals surface area contributed by atoms with Crippen LogP contribution in [0.2, 0.25) is 0 Å². The van der Waals surface area contributed by atoms with Gasteiger partial charge in [-0.25, -0.2) is 14.8 Å². The summed E-state index contributed by atoms with van der Waals surface area (Å²) in [6.07, 6.45) is -0.560. The first-order valence-corrected chi connectivity index (χ1v) is 12.4. The maximum atomic E-state index is 12.4. The van der Waals surface area contributed by atoms with Crippen LogP contribution in [0.5, 0.6) is 0 Å². The molecular formula is C26H29N7O3S. The molecule has 0 aliphatic heterocycles. The van der Waals surface area contributed by atoms with Crippen molar-refractivity contribution in [3.05, 3.63) is 54.2 Å². The third-order valence-corrected chi connectivity index (χ3v) is 6.02. The van der Waals surface area contributed by atoms with Gasteiger partial charge in [0.05, 0.1) is 16.6 Å². The predicted molar refractivity (Wildman–Crippen MR) is 144 cm³/mol. The first-order valence-electron chi connectivity index (χ1n) is 11.6. The molecule has 0 radical (unpaired) electrons. The van der Waals surface area contributed by atoms with Crippen LogP contribution in [0.1, 0.15) is 26.5 Å². The minimum atomic E-state index is -0.629. The van der Waals surface area contributed by atoms with Gasteiger partial charge in [0.25, 0.3) is 0 Å². The van der Waals surface area contributed by atoms with E-state index in [1.165, 1.54) is 23.7 Å². The van der Waals surface area contributed by atoms with E-state index in [1.54, 1.807) is 32.9 Å². The van der Waals surface area contributed by atoms with E-state index < -0.39 is 11.7 Å². The highest BCUT2D eigenvalue weighted by Crippen LogP contribution is 2.33. The number of nitrogen functional groups attached to an aromatic ring is 1. The molecule has 2 aromatic carbocycles. The van der Waals surface area contributed by atoms with E-state index in [-0.39, 0.29) is 12.5 Å². The summed E-state index contributed by atoms with van der Waals surface area (Å²) in [5, 5.41) is 11.3. The highest BCUT2D eigenvalue weighted by atomic mass is 32.2. The Balaban J connectivity index is 1.42. The molecule has 0 fully saturated rings. The molecule has 2 amide bonds. The fraction of sp³-hybridized carbons (Fsp3) is 0.269. The van der Waals surface area contributed by atoms with Crippen LogP contribution in [-0.2, 0) is 9.53 Å². The lowest BCUT2D eigenvalue weighted by molar-refractivity contribution is -0.117. The van der Waals surface area contributed by atoms with Gasteiger partial charge < -0.3 is 20.7 Å². The van der Waals surface area contributed by atoms with Gasteiger partial charge >= 0.3 is 6.09 Å². The van der Waals surface area contributed by atoms with E-state index in [9.17, 15) is 9.59 Å². The van der Waals surface area contributed by atoms with Crippen LogP contribution in [0.25, 0.3) is 22.2 Å². The van der Waals surface area contributed by atoms with E-state index in [4.69, 9.17) is 10.5 Å². The Morgan fingerprint density at radius 2 is 1.86 bits per heavy atom. The molecule has 4 rings (SSSR count). The smallest absolute Gasteiger partial charge is 0.410 e. The third kappa shape index (κ3) is 6.56. The number of rotatable bonds is 6. The van der Waals surface area contributed by atoms with Gasteiger partial charge in [0.1, 0.15) is 18.0 Å². The van der Waals surface area contributed by atoms with Crippen LogP contribution >= 0.6 is 11.8 Å². The molecule has 2 heterocycles. The number of nitrogens with two attached hydrogens (primary N) is 1. The van der Waals surface area contributed by atoms with Crippen LogP contribution in [-0.4, -0.2) is 56.3 Å². The number of amides is 2. The SMILES string of the molecule is Cc1cc(-c2cccc3nc(Sc4ccc(NC(=O)CN(C)C(=O)OC(C)(C)C)cc4)nc(N)c23)n[nH]1. The standard InChI is InChI=1S/C26H29N7O3S/c1-15-13-20(32-31-15)18-7-6-8-19-22(18)23(27)30-24(29-19)37-17-11-9-16(10-12-17)28-21(34)14-33(5)25(35)36-26(2,3)4/h6-13H,14H2,1-5H3,(H,28,34)(H,31,32)(H2,27,29,30). The van der Waals surface area contributed by atoms with Gasteiger partial charge in [0.15, 0.2) is 5.16 Å². The molecule has 192 valence electrons. The molecule has 4 aromatic rings. The number of aromatic amines is 1. The van der Waals surface area contributed by atoms with Crippen LogP contribution in [0.4, 0.5) is 16.3 Å². The summed E-state index contributed by atoms with van der Waals surface area (Å²) < 4.78 is 5.27. The third-order valence-electron chi connectivity index (χ3n) is 5.15. The lowest BCUT2D eigenvalue weighted by Crippen LogP contribution is -2.38.